The Balaban J connectivity index is 2.20. The van der Waals surface area contributed by atoms with Gasteiger partial charge >= 0.3 is 0 Å². The standard InChI is InChI=1S/C13H14F3N3/c1-17-4-2-3-9-7-18-19(8-9)13-6-11(15)10(14)5-12(13)16/h5-8,17H,2-4H2,1H3. The van der Waals surface area contributed by atoms with E-state index in [-0.39, 0.29) is 5.69 Å². The maximum atomic E-state index is 13.6. The predicted octanol–water partition coefficient (Wildman–Crippen LogP) is 2.44. The summed E-state index contributed by atoms with van der Waals surface area (Å²) in [5.41, 5.74) is 0.818. The van der Waals surface area contributed by atoms with Crippen molar-refractivity contribution in [3.05, 3.63) is 47.5 Å². The number of aryl methyl sites for hydroxylation is 1. The molecule has 2 rings (SSSR count). The third-order valence-electron chi connectivity index (χ3n) is 2.76. The number of nitrogens with one attached hydrogen (secondary N) is 1. The van der Waals surface area contributed by atoms with E-state index in [0.717, 1.165) is 31.0 Å². The number of halogens is 3. The summed E-state index contributed by atoms with van der Waals surface area (Å²) in [6.07, 6.45) is 4.91. The third-order valence-corrected chi connectivity index (χ3v) is 2.76. The van der Waals surface area contributed by atoms with Crippen LogP contribution >= 0.6 is 0 Å². The molecular weight excluding hydrogens is 255 g/mol. The van der Waals surface area contributed by atoms with E-state index in [1.165, 1.54) is 4.68 Å². The summed E-state index contributed by atoms with van der Waals surface area (Å²) in [7, 11) is 1.86. The smallest absolute Gasteiger partial charge is 0.161 e. The maximum absolute atomic E-state index is 13.6. The van der Waals surface area contributed by atoms with Gasteiger partial charge < -0.3 is 5.32 Å². The van der Waals surface area contributed by atoms with Gasteiger partial charge in [-0.2, -0.15) is 5.10 Å². The van der Waals surface area contributed by atoms with Crippen molar-refractivity contribution in [3.63, 3.8) is 0 Å². The molecule has 0 unspecified atom stereocenters. The summed E-state index contributed by atoms with van der Waals surface area (Å²) in [6, 6.07) is 1.32. The highest BCUT2D eigenvalue weighted by molar-refractivity contribution is 5.34. The van der Waals surface area contributed by atoms with E-state index in [9.17, 15) is 13.2 Å². The van der Waals surface area contributed by atoms with Gasteiger partial charge in [0.2, 0.25) is 0 Å². The molecule has 0 amide bonds. The van der Waals surface area contributed by atoms with Gasteiger partial charge in [0, 0.05) is 18.3 Å². The van der Waals surface area contributed by atoms with Crippen molar-refractivity contribution < 1.29 is 13.2 Å². The Morgan fingerprint density at radius 2 is 1.89 bits per heavy atom. The molecule has 0 aliphatic rings. The molecule has 1 heterocycles. The summed E-state index contributed by atoms with van der Waals surface area (Å²) in [4.78, 5) is 0. The van der Waals surface area contributed by atoms with E-state index in [4.69, 9.17) is 0 Å². The molecule has 0 aliphatic heterocycles. The number of nitrogens with zero attached hydrogens (tertiary/aromatic N) is 2. The zero-order valence-electron chi connectivity index (χ0n) is 10.5. The summed E-state index contributed by atoms with van der Waals surface area (Å²) in [5.74, 6) is -3.14. The molecule has 1 aromatic carbocycles. The zero-order valence-corrected chi connectivity index (χ0v) is 10.5. The highest BCUT2D eigenvalue weighted by Crippen LogP contribution is 2.18. The van der Waals surface area contributed by atoms with E-state index in [0.29, 0.717) is 6.07 Å². The quantitative estimate of drug-likeness (QED) is 0.667. The fraction of sp³-hybridized carbons (Fsp3) is 0.308. The third kappa shape index (κ3) is 3.14. The van der Waals surface area contributed by atoms with E-state index in [1.807, 2.05) is 7.05 Å². The minimum Gasteiger partial charge on any atom is -0.320 e. The average molecular weight is 269 g/mol. The van der Waals surface area contributed by atoms with Crippen molar-refractivity contribution in [3.8, 4) is 5.69 Å². The van der Waals surface area contributed by atoms with Gasteiger partial charge in [-0.25, -0.2) is 17.9 Å². The summed E-state index contributed by atoms with van der Waals surface area (Å²) in [5, 5.41) is 6.98. The first-order valence-corrected chi connectivity index (χ1v) is 5.95. The van der Waals surface area contributed by atoms with Crippen molar-refractivity contribution >= 4 is 0 Å². The average Bonchev–Trinajstić information content (AvgIpc) is 2.83. The molecule has 3 nitrogen and oxygen atoms in total. The second-order valence-corrected chi connectivity index (χ2v) is 4.22. The second kappa shape index (κ2) is 5.88. The van der Waals surface area contributed by atoms with Gasteiger partial charge in [-0.3, -0.25) is 0 Å². The fourth-order valence-corrected chi connectivity index (χ4v) is 1.78. The number of aromatic nitrogens is 2. The van der Waals surface area contributed by atoms with Crippen LogP contribution in [-0.2, 0) is 6.42 Å². The number of hydrogen-bond donors (Lipinski definition) is 1. The van der Waals surface area contributed by atoms with E-state index >= 15 is 0 Å². The molecule has 0 bridgehead atoms. The van der Waals surface area contributed by atoms with Crippen LogP contribution in [0.4, 0.5) is 13.2 Å². The fourth-order valence-electron chi connectivity index (χ4n) is 1.78. The lowest BCUT2D eigenvalue weighted by Gasteiger charge is -2.03. The normalized spacial score (nSPS) is 10.9. The summed E-state index contributed by atoms with van der Waals surface area (Å²) >= 11 is 0. The van der Waals surface area contributed by atoms with E-state index in [1.54, 1.807) is 12.4 Å². The van der Waals surface area contributed by atoms with Crippen molar-refractivity contribution in [1.29, 1.82) is 0 Å². The molecule has 0 fully saturated rings. The Hall–Kier alpha value is -1.82. The van der Waals surface area contributed by atoms with E-state index in [2.05, 4.69) is 10.4 Å². The first-order chi connectivity index (χ1) is 9.11. The van der Waals surface area contributed by atoms with Crippen LogP contribution in [0.25, 0.3) is 5.69 Å². The van der Waals surface area contributed by atoms with Crippen LogP contribution in [0.3, 0.4) is 0 Å². The molecule has 0 atom stereocenters. The highest BCUT2D eigenvalue weighted by atomic mass is 19.2. The Morgan fingerprint density at radius 3 is 2.63 bits per heavy atom. The predicted molar refractivity (Wildman–Crippen MR) is 65.7 cm³/mol. The molecule has 1 aromatic heterocycles. The molecule has 1 N–H and O–H groups in total. The number of benzene rings is 1. The summed E-state index contributed by atoms with van der Waals surface area (Å²) in [6.45, 7) is 0.866. The number of hydrogen-bond acceptors (Lipinski definition) is 2. The van der Waals surface area contributed by atoms with Gasteiger partial charge in [-0.05, 0) is 32.0 Å². The van der Waals surface area contributed by atoms with Crippen LogP contribution < -0.4 is 5.32 Å². The first kappa shape index (κ1) is 13.6. The van der Waals surface area contributed by atoms with Crippen molar-refractivity contribution in [2.45, 2.75) is 12.8 Å². The highest BCUT2D eigenvalue weighted by Gasteiger charge is 2.12. The molecule has 0 aliphatic carbocycles. The largest absolute Gasteiger partial charge is 0.320 e. The van der Waals surface area contributed by atoms with Gasteiger partial charge in [0.1, 0.15) is 5.69 Å². The Morgan fingerprint density at radius 1 is 1.16 bits per heavy atom. The minimum absolute atomic E-state index is 0.0984. The lowest BCUT2D eigenvalue weighted by atomic mass is 10.2. The Labute approximate surface area is 109 Å². The van der Waals surface area contributed by atoms with Crippen molar-refractivity contribution in [1.82, 2.24) is 15.1 Å². The van der Waals surface area contributed by atoms with Crippen LogP contribution in [0.5, 0.6) is 0 Å². The topological polar surface area (TPSA) is 29.9 Å². The minimum atomic E-state index is -1.21. The zero-order chi connectivity index (χ0) is 13.8. The molecule has 0 saturated carbocycles. The SMILES string of the molecule is CNCCCc1cnn(-c2cc(F)c(F)cc2F)c1. The first-order valence-electron chi connectivity index (χ1n) is 5.95. The van der Waals surface area contributed by atoms with Crippen LogP contribution in [-0.4, -0.2) is 23.4 Å². The van der Waals surface area contributed by atoms with Gasteiger partial charge in [-0.1, -0.05) is 0 Å². The van der Waals surface area contributed by atoms with Crippen LogP contribution in [0, 0.1) is 17.5 Å². The molecule has 0 saturated heterocycles. The lowest BCUT2D eigenvalue weighted by molar-refractivity contribution is 0.491. The van der Waals surface area contributed by atoms with Crippen LogP contribution in [0.1, 0.15) is 12.0 Å². The Bertz CT molecular complexity index is 566. The molecule has 0 spiro atoms. The maximum Gasteiger partial charge on any atom is 0.161 e. The Kier molecular flexibility index (Phi) is 4.21. The lowest BCUT2D eigenvalue weighted by Crippen LogP contribution is -2.08. The van der Waals surface area contributed by atoms with Gasteiger partial charge in [-0.15, -0.1) is 0 Å². The molecular formula is C13H14F3N3. The van der Waals surface area contributed by atoms with Crippen LogP contribution in [0.2, 0.25) is 0 Å². The number of rotatable bonds is 5. The molecule has 19 heavy (non-hydrogen) atoms. The van der Waals surface area contributed by atoms with Gasteiger partial charge in [0.25, 0.3) is 0 Å². The van der Waals surface area contributed by atoms with Gasteiger partial charge in [0.15, 0.2) is 17.5 Å². The van der Waals surface area contributed by atoms with Gasteiger partial charge in [0.05, 0.1) is 6.20 Å². The summed E-state index contributed by atoms with van der Waals surface area (Å²) < 4.78 is 40.7. The molecule has 102 valence electrons. The van der Waals surface area contributed by atoms with Crippen molar-refractivity contribution in [2.75, 3.05) is 13.6 Å². The molecule has 0 radical (unpaired) electrons. The van der Waals surface area contributed by atoms with Crippen LogP contribution in [0.15, 0.2) is 24.5 Å². The van der Waals surface area contributed by atoms with E-state index < -0.39 is 17.5 Å². The second-order valence-electron chi connectivity index (χ2n) is 4.22. The van der Waals surface area contributed by atoms with Crippen molar-refractivity contribution in [2.24, 2.45) is 0 Å². The molecule has 2 aromatic rings. The molecule has 6 heteroatoms. The monoisotopic (exact) mass is 269 g/mol.